The molecule has 0 spiro atoms. The average Bonchev–Trinajstić information content (AvgIpc) is 2.96. The molecule has 0 N–H and O–H groups in total. The van der Waals surface area contributed by atoms with Crippen LogP contribution in [0.5, 0.6) is 17.2 Å². The second-order valence-corrected chi connectivity index (χ2v) is 13.9. The Balaban J connectivity index is 1.35. The van der Waals surface area contributed by atoms with E-state index in [0.717, 1.165) is 24.8 Å². The van der Waals surface area contributed by atoms with Gasteiger partial charge in [0.15, 0.2) is 5.41 Å². The maximum Gasteiger partial charge on any atom is 0.329 e. The third-order valence-electron chi connectivity index (χ3n) is 10.9. The maximum absolute atomic E-state index is 14.5. The van der Waals surface area contributed by atoms with Gasteiger partial charge in [0.1, 0.15) is 23.4 Å². The molecule has 2 fully saturated rings. The minimum absolute atomic E-state index is 0.107. The molecule has 3 aromatic rings. The van der Waals surface area contributed by atoms with Crippen molar-refractivity contribution in [3.63, 3.8) is 0 Å². The summed E-state index contributed by atoms with van der Waals surface area (Å²) in [7, 11) is 3.16. The van der Waals surface area contributed by atoms with Crippen LogP contribution in [0.25, 0.3) is 10.8 Å². The van der Waals surface area contributed by atoms with E-state index in [1.807, 2.05) is 0 Å². The standard InChI is InChI=1S/C37H44O6/c1-21(2)27-20-37(33(27)32-30(41-7)18-26(40-6)19-31(32)43-35(37)39)34(38)42-29-16-22(3)12-15-28(29)36(4,5)25-14-13-23-10-8-9-11-24(23)17-25/h8-11,13-14,17-19,21-22,27-29,33H,12,15-16,20H2,1-7H3/t22-,27?,28-,29-,33?,37?/m1/s1. The fraction of sp³-hybridized carbons (Fsp3) is 0.514. The number of ether oxygens (including phenoxy) is 4. The molecule has 0 aromatic heterocycles. The summed E-state index contributed by atoms with van der Waals surface area (Å²) >= 11 is 0. The second kappa shape index (κ2) is 10.9. The summed E-state index contributed by atoms with van der Waals surface area (Å²) in [5.41, 5.74) is 0.360. The zero-order valence-corrected chi connectivity index (χ0v) is 26.4. The minimum Gasteiger partial charge on any atom is -0.496 e. The van der Waals surface area contributed by atoms with E-state index < -0.39 is 17.4 Å². The molecule has 6 nitrogen and oxygen atoms in total. The van der Waals surface area contributed by atoms with E-state index in [0.29, 0.717) is 29.6 Å². The molecule has 3 aromatic carbocycles. The molecule has 1 aliphatic heterocycles. The molecular weight excluding hydrogens is 540 g/mol. The topological polar surface area (TPSA) is 71.1 Å². The van der Waals surface area contributed by atoms with Crippen LogP contribution in [0.1, 0.15) is 77.3 Å². The molecule has 0 bridgehead atoms. The zero-order chi connectivity index (χ0) is 30.7. The molecule has 2 aliphatic carbocycles. The third kappa shape index (κ3) is 4.69. The molecule has 6 atom stereocenters. The van der Waals surface area contributed by atoms with E-state index in [-0.39, 0.29) is 35.2 Å². The number of benzene rings is 3. The van der Waals surface area contributed by atoms with Gasteiger partial charge in [0, 0.05) is 29.5 Å². The molecule has 0 radical (unpaired) electrons. The number of carbonyl (C=O) groups is 2. The highest BCUT2D eigenvalue weighted by atomic mass is 16.6. The first kappa shape index (κ1) is 29.5. The predicted molar refractivity (Wildman–Crippen MR) is 167 cm³/mol. The number of esters is 2. The Morgan fingerprint density at radius 1 is 1.00 bits per heavy atom. The molecule has 1 heterocycles. The Kier molecular flexibility index (Phi) is 7.46. The van der Waals surface area contributed by atoms with Gasteiger partial charge in [0.2, 0.25) is 0 Å². The summed E-state index contributed by atoms with van der Waals surface area (Å²) in [5, 5.41) is 2.41. The third-order valence-corrected chi connectivity index (χ3v) is 10.9. The molecule has 0 saturated heterocycles. The van der Waals surface area contributed by atoms with Crippen molar-refractivity contribution in [1.82, 2.24) is 0 Å². The smallest absolute Gasteiger partial charge is 0.329 e. The van der Waals surface area contributed by atoms with Crippen molar-refractivity contribution in [2.24, 2.45) is 29.1 Å². The van der Waals surface area contributed by atoms with Crippen molar-refractivity contribution < 1.29 is 28.5 Å². The molecular formula is C37H44O6. The number of methoxy groups -OCH3 is 2. The Morgan fingerprint density at radius 2 is 1.74 bits per heavy atom. The quantitative estimate of drug-likeness (QED) is 0.160. The normalized spacial score (nSPS) is 28.4. The van der Waals surface area contributed by atoms with Gasteiger partial charge < -0.3 is 18.9 Å². The Bertz CT molecular complexity index is 1560. The van der Waals surface area contributed by atoms with Gasteiger partial charge in [-0.2, -0.15) is 0 Å². The monoisotopic (exact) mass is 584 g/mol. The first-order valence-corrected chi connectivity index (χ1v) is 15.7. The van der Waals surface area contributed by atoms with Crippen LogP contribution in [0.2, 0.25) is 0 Å². The molecule has 228 valence electrons. The minimum atomic E-state index is -1.39. The van der Waals surface area contributed by atoms with E-state index >= 15 is 0 Å². The van der Waals surface area contributed by atoms with Crippen LogP contribution >= 0.6 is 0 Å². The van der Waals surface area contributed by atoms with Crippen LogP contribution in [0.4, 0.5) is 0 Å². The fourth-order valence-electron chi connectivity index (χ4n) is 8.18. The first-order valence-electron chi connectivity index (χ1n) is 15.7. The molecule has 0 amide bonds. The SMILES string of the molecule is COc1cc(OC)c2c(c1)OC(=O)C1(C(=O)O[C@@H]3C[C@H](C)CC[C@H]3C(C)(C)c3ccc4ccccc4c3)CC(C(C)C)C21. The van der Waals surface area contributed by atoms with Crippen LogP contribution in [0, 0.1) is 29.1 Å². The maximum atomic E-state index is 14.5. The summed E-state index contributed by atoms with van der Waals surface area (Å²) in [6.07, 6.45) is 2.90. The van der Waals surface area contributed by atoms with E-state index in [1.165, 1.54) is 16.3 Å². The van der Waals surface area contributed by atoms with Gasteiger partial charge in [-0.05, 0) is 58.8 Å². The van der Waals surface area contributed by atoms with E-state index in [2.05, 4.69) is 77.1 Å². The summed E-state index contributed by atoms with van der Waals surface area (Å²) in [6, 6.07) is 18.6. The van der Waals surface area contributed by atoms with Gasteiger partial charge >= 0.3 is 11.9 Å². The highest BCUT2D eigenvalue weighted by Gasteiger charge is 2.70. The van der Waals surface area contributed by atoms with Crippen molar-refractivity contribution in [3.8, 4) is 17.2 Å². The van der Waals surface area contributed by atoms with Crippen molar-refractivity contribution >= 4 is 22.7 Å². The predicted octanol–water partition coefficient (Wildman–Crippen LogP) is 7.85. The van der Waals surface area contributed by atoms with E-state index in [1.54, 1.807) is 26.4 Å². The number of rotatable bonds is 7. The lowest BCUT2D eigenvalue weighted by Crippen LogP contribution is -2.62. The van der Waals surface area contributed by atoms with Crippen molar-refractivity contribution in [2.45, 2.75) is 77.7 Å². The zero-order valence-electron chi connectivity index (χ0n) is 26.4. The van der Waals surface area contributed by atoms with Crippen LogP contribution in [-0.2, 0) is 19.7 Å². The van der Waals surface area contributed by atoms with Crippen LogP contribution in [0.3, 0.4) is 0 Å². The average molecular weight is 585 g/mol. The molecule has 3 unspecified atom stereocenters. The molecule has 2 saturated carbocycles. The van der Waals surface area contributed by atoms with Crippen LogP contribution in [0.15, 0.2) is 54.6 Å². The Morgan fingerprint density at radius 3 is 2.44 bits per heavy atom. The fourth-order valence-corrected chi connectivity index (χ4v) is 8.18. The highest BCUT2D eigenvalue weighted by Crippen LogP contribution is 2.66. The van der Waals surface area contributed by atoms with Gasteiger partial charge in [0.05, 0.1) is 14.2 Å². The largest absolute Gasteiger partial charge is 0.496 e. The van der Waals surface area contributed by atoms with Crippen molar-refractivity contribution in [1.29, 1.82) is 0 Å². The van der Waals surface area contributed by atoms with Crippen molar-refractivity contribution in [3.05, 3.63) is 65.7 Å². The summed E-state index contributed by atoms with van der Waals surface area (Å²) in [4.78, 5) is 28.3. The summed E-state index contributed by atoms with van der Waals surface area (Å²) < 4.78 is 23.7. The molecule has 6 rings (SSSR count). The van der Waals surface area contributed by atoms with Crippen LogP contribution < -0.4 is 14.2 Å². The lowest BCUT2D eigenvalue weighted by molar-refractivity contribution is -0.195. The van der Waals surface area contributed by atoms with Crippen LogP contribution in [-0.4, -0.2) is 32.3 Å². The molecule has 43 heavy (non-hydrogen) atoms. The lowest BCUT2D eigenvalue weighted by Gasteiger charge is -2.56. The van der Waals surface area contributed by atoms with Gasteiger partial charge in [0.25, 0.3) is 0 Å². The van der Waals surface area contributed by atoms with E-state index in [4.69, 9.17) is 18.9 Å². The van der Waals surface area contributed by atoms with Gasteiger partial charge in [-0.3, -0.25) is 9.59 Å². The first-order chi connectivity index (χ1) is 20.5. The summed E-state index contributed by atoms with van der Waals surface area (Å²) in [6.45, 7) is 11.0. The second-order valence-electron chi connectivity index (χ2n) is 13.9. The number of hydrogen-bond acceptors (Lipinski definition) is 6. The lowest BCUT2D eigenvalue weighted by atomic mass is 9.48. The number of hydrogen-bond donors (Lipinski definition) is 0. The van der Waals surface area contributed by atoms with Gasteiger partial charge in [-0.1, -0.05) is 83.5 Å². The van der Waals surface area contributed by atoms with Gasteiger partial charge in [-0.25, -0.2) is 0 Å². The molecule has 6 heteroatoms. The summed E-state index contributed by atoms with van der Waals surface area (Å²) in [5.74, 6) is 1.03. The highest BCUT2D eigenvalue weighted by molar-refractivity contribution is 6.05. The van der Waals surface area contributed by atoms with Crippen molar-refractivity contribution in [2.75, 3.05) is 14.2 Å². The van der Waals surface area contributed by atoms with Gasteiger partial charge in [-0.15, -0.1) is 0 Å². The Labute approximate surface area is 255 Å². The number of fused-ring (bicyclic) bond motifs is 4. The Hall–Kier alpha value is -3.54. The molecule has 3 aliphatic rings. The van der Waals surface area contributed by atoms with E-state index in [9.17, 15) is 9.59 Å². The number of carbonyl (C=O) groups excluding carboxylic acids is 2.